The Labute approximate surface area is 132 Å². The molecule has 1 atom stereocenters. The molecule has 2 aromatic rings. The zero-order chi connectivity index (χ0) is 15.6. The van der Waals surface area contributed by atoms with Crippen molar-refractivity contribution in [2.45, 2.75) is 16.2 Å². The zero-order valence-corrected chi connectivity index (χ0v) is 13.3. The van der Waals surface area contributed by atoms with Gasteiger partial charge in [0.2, 0.25) is 15.7 Å². The number of ether oxygens (including phenoxy) is 1. The first kappa shape index (κ1) is 15.2. The molecule has 7 heteroatoms. The molecule has 0 aliphatic carbocycles. The van der Waals surface area contributed by atoms with Crippen molar-refractivity contribution in [3.8, 4) is 0 Å². The summed E-state index contributed by atoms with van der Waals surface area (Å²) in [5.74, 6) is -0.410. The van der Waals surface area contributed by atoms with E-state index < -0.39 is 9.84 Å². The number of nitrogens with one attached hydrogen (secondary N) is 1. The third kappa shape index (κ3) is 2.92. The van der Waals surface area contributed by atoms with Crippen molar-refractivity contribution in [1.82, 2.24) is 0 Å². The van der Waals surface area contributed by atoms with E-state index in [1.165, 1.54) is 11.3 Å². The third-order valence-electron chi connectivity index (χ3n) is 3.53. The third-order valence-corrected chi connectivity index (χ3v) is 6.23. The number of rotatable bonds is 4. The van der Waals surface area contributed by atoms with E-state index in [1.54, 1.807) is 41.1 Å². The molecule has 0 radical (unpaired) electrons. The second-order valence-corrected chi connectivity index (χ2v) is 7.68. The monoisotopic (exact) mass is 337 g/mol. The van der Waals surface area contributed by atoms with Gasteiger partial charge in [-0.1, -0.05) is 18.2 Å². The molecule has 0 spiro atoms. The molecule has 2 heterocycles. The lowest BCUT2D eigenvalue weighted by Crippen LogP contribution is -2.23. The second kappa shape index (κ2) is 6.20. The normalized spacial score (nSPS) is 18.3. The molecule has 22 heavy (non-hydrogen) atoms. The first-order valence-corrected chi connectivity index (χ1v) is 9.26. The largest absolute Gasteiger partial charge is 0.381 e. The van der Waals surface area contributed by atoms with E-state index in [2.05, 4.69) is 5.32 Å². The number of hydrogen-bond donors (Lipinski definition) is 1. The van der Waals surface area contributed by atoms with Gasteiger partial charge in [-0.05, 0) is 18.6 Å². The Morgan fingerprint density at radius 3 is 2.68 bits per heavy atom. The SMILES string of the molecule is O=C(Nc1cscc1S(=O)(=O)c1ccccc1)C1CCOC1. The Morgan fingerprint density at radius 2 is 2.00 bits per heavy atom. The van der Waals surface area contributed by atoms with Crippen LogP contribution in [0.3, 0.4) is 0 Å². The Hall–Kier alpha value is -1.70. The van der Waals surface area contributed by atoms with Crippen LogP contribution in [0.4, 0.5) is 5.69 Å². The topological polar surface area (TPSA) is 72.5 Å². The molecule has 5 nitrogen and oxygen atoms in total. The van der Waals surface area contributed by atoms with Gasteiger partial charge in [0.25, 0.3) is 0 Å². The molecule has 1 fully saturated rings. The first-order valence-electron chi connectivity index (χ1n) is 6.84. The lowest BCUT2D eigenvalue weighted by Gasteiger charge is -2.10. The van der Waals surface area contributed by atoms with Gasteiger partial charge in [0, 0.05) is 17.4 Å². The summed E-state index contributed by atoms with van der Waals surface area (Å²) in [6, 6.07) is 8.20. The highest BCUT2D eigenvalue weighted by atomic mass is 32.2. The number of sulfone groups is 1. The summed E-state index contributed by atoms with van der Waals surface area (Å²) in [5.41, 5.74) is 0.339. The molecule has 0 saturated carbocycles. The van der Waals surface area contributed by atoms with Crippen molar-refractivity contribution in [3.63, 3.8) is 0 Å². The Bertz CT molecular complexity index is 762. The van der Waals surface area contributed by atoms with Gasteiger partial charge in [0.05, 0.1) is 23.1 Å². The minimum absolute atomic E-state index is 0.135. The van der Waals surface area contributed by atoms with Gasteiger partial charge in [-0.2, -0.15) is 0 Å². The second-order valence-electron chi connectivity index (χ2n) is 5.02. The van der Waals surface area contributed by atoms with Gasteiger partial charge in [-0.3, -0.25) is 4.79 Å². The van der Waals surface area contributed by atoms with Gasteiger partial charge < -0.3 is 10.1 Å². The maximum Gasteiger partial charge on any atom is 0.229 e. The fourth-order valence-corrected chi connectivity index (χ4v) is 4.84. The van der Waals surface area contributed by atoms with Crippen LogP contribution < -0.4 is 5.32 Å². The van der Waals surface area contributed by atoms with Crippen molar-refractivity contribution in [2.75, 3.05) is 18.5 Å². The van der Waals surface area contributed by atoms with Gasteiger partial charge in [0.1, 0.15) is 4.90 Å². The first-order chi connectivity index (χ1) is 10.6. The van der Waals surface area contributed by atoms with Crippen molar-refractivity contribution < 1.29 is 17.9 Å². The molecule has 1 N–H and O–H groups in total. The molecule has 116 valence electrons. The number of thiophene rings is 1. The van der Waals surface area contributed by atoms with Gasteiger partial charge in [0.15, 0.2) is 0 Å². The highest BCUT2D eigenvalue weighted by Gasteiger charge is 2.27. The van der Waals surface area contributed by atoms with Crippen LogP contribution in [0.25, 0.3) is 0 Å². The predicted octanol–water partition coefficient (Wildman–Crippen LogP) is 2.56. The molecule has 1 unspecified atom stereocenters. The fourth-order valence-electron chi connectivity index (χ4n) is 2.29. The van der Waals surface area contributed by atoms with Crippen LogP contribution in [-0.4, -0.2) is 27.5 Å². The Kier molecular flexibility index (Phi) is 4.28. The number of benzene rings is 1. The molecular formula is C15H15NO4S2. The highest BCUT2D eigenvalue weighted by molar-refractivity contribution is 7.91. The van der Waals surface area contributed by atoms with Crippen LogP contribution in [0.5, 0.6) is 0 Å². The Morgan fingerprint density at radius 1 is 1.23 bits per heavy atom. The summed E-state index contributed by atoms with van der Waals surface area (Å²) in [5, 5.41) is 5.91. The van der Waals surface area contributed by atoms with Crippen LogP contribution in [0.2, 0.25) is 0 Å². The highest BCUT2D eigenvalue weighted by Crippen LogP contribution is 2.31. The van der Waals surface area contributed by atoms with Crippen LogP contribution in [0.15, 0.2) is 50.9 Å². The molecule has 1 aliphatic heterocycles. The molecule has 1 aromatic heterocycles. The molecular weight excluding hydrogens is 322 g/mol. The molecule has 3 rings (SSSR count). The smallest absolute Gasteiger partial charge is 0.229 e. The summed E-state index contributed by atoms with van der Waals surface area (Å²) in [4.78, 5) is 12.5. The van der Waals surface area contributed by atoms with Crippen molar-refractivity contribution >= 4 is 32.8 Å². The van der Waals surface area contributed by atoms with E-state index in [0.29, 0.717) is 25.3 Å². The van der Waals surface area contributed by atoms with Crippen LogP contribution in [0.1, 0.15) is 6.42 Å². The molecule has 1 aromatic carbocycles. The van der Waals surface area contributed by atoms with E-state index in [1.807, 2.05) is 0 Å². The summed E-state index contributed by atoms with van der Waals surface area (Å²) in [6.07, 6.45) is 0.663. The summed E-state index contributed by atoms with van der Waals surface area (Å²) in [7, 11) is -3.63. The van der Waals surface area contributed by atoms with E-state index in [-0.39, 0.29) is 21.6 Å². The lowest BCUT2D eigenvalue weighted by atomic mass is 10.1. The maximum absolute atomic E-state index is 12.6. The Balaban J connectivity index is 1.87. The van der Waals surface area contributed by atoms with Crippen molar-refractivity contribution in [1.29, 1.82) is 0 Å². The van der Waals surface area contributed by atoms with Crippen molar-refractivity contribution in [2.24, 2.45) is 5.92 Å². The number of amides is 1. The standard InChI is InChI=1S/C15H15NO4S2/c17-15(11-6-7-20-8-11)16-13-9-21-10-14(13)22(18,19)12-4-2-1-3-5-12/h1-5,9-11H,6-8H2,(H,16,17). The van der Waals surface area contributed by atoms with E-state index in [0.717, 1.165) is 0 Å². The minimum atomic E-state index is -3.63. The molecule has 1 aliphatic rings. The van der Waals surface area contributed by atoms with Gasteiger partial charge in [-0.25, -0.2) is 8.42 Å². The minimum Gasteiger partial charge on any atom is -0.381 e. The molecule has 1 amide bonds. The summed E-state index contributed by atoms with van der Waals surface area (Å²) < 4.78 is 30.5. The van der Waals surface area contributed by atoms with Crippen LogP contribution in [-0.2, 0) is 19.4 Å². The number of anilines is 1. The summed E-state index contributed by atoms with van der Waals surface area (Å²) in [6.45, 7) is 0.952. The maximum atomic E-state index is 12.6. The average Bonchev–Trinajstić information content (AvgIpc) is 3.19. The quantitative estimate of drug-likeness (QED) is 0.930. The lowest BCUT2D eigenvalue weighted by molar-refractivity contribution is -0.119. The number of hydrogen-bond acceptors (Lipinski definition) is 5. The molecule has 0 bridgehead atoms. The van der Waals surface area contributed by atoms with E-state index in [4.69, 9.17) is 4.74 Å². The van der Waals surface area contributed by atoms with E-state index >= 15 is 0 Å². The zero-order valence-electron chi connectivity index (χ0n) is 11.7. The van der Waals surface area contributed by atoms with E-state index in [9.17, 15) is 13.2 Å². The fraction of sp³-hybridized carbons (Fsp3) is 0.267. The average molecular weight is 337 g/mol. The molecule has 1 saturated heterocycles. The van der Waals surface area contributed by atoms with Gasteiger partial charge in [-0.15, -0.1) is 11.3 Å². The van der Waals surface area contributed by atoms with Gasteiger partial charge >= 0.3 is 0 Å². The number of carbonyl (C=O) groups is 1. The van der Waals surface area contributed by atoms with Crippen molar-refractivity contribution in [3.05, 3.63) is 41.1 Å². The van der Waals surface area contributed by atoms with Crippen LogP contribution >= 0.6 is 11.3 Å². The predicted molar refractivity (Wildman–Crippen MR) is 83.8 cm³/mol. The summed E-state index contributed by atoms with van der Waals surface area (Å²) >= 11 is 1.25. The van der Waals surface area contributed by atoms with Crippen LogP contribution in [0, 0.1) is 5.92 Å². The number of carbonyl (C=O) groups excluding carboxylic acids is 1.